The lowest BCUT2D eigenvalue weighted by atomic mass is 10.1. The Bertz CT molecular complexity index is 724. The summed E-state index contributed by atoms with van der Waals surface area (Å²) >= 11 is 0. The quantitative estimate of drug-likeness (QED) is 0.761. The van der Waals surface area contributed by atoms with E-state index in [1.54, 1.807) is 24.3 Å². The summed E-state index contributed by atoms with van der Waals surface area (Å²) in [6, 6.07) is 6.43. The van der Waals surface area contributed by atoms with E-state index in [4.69, 9.17) is 14.2 Å². The van der Waals surface area contributed by atoms with E-state index in [0.29, 0.717) is 28.4 Å². The maximum Gasteiger partial charge on any atom is 0.269 e. The molecule has 2 N–H and O–H groups in total. The number of hydrogen-bond donors (Lipinski definition) is 2. The Morgan fingerprint density at radius 2 is 1.56 bits per heavy atom. The molecule has 1 heterocycles. The molecular weight excluding hydrogens is 326 g/mol. The lowest BCUT2D eigenvalue weighted by Crippen LogP contribution is -2.42. The Morgan fingerprint density at radius 1 is 0.960 bits per heavy atom. The largest absolute Gasteiger partial charge is 0.493 e. The lowest BCUT2D eigenvalue weighted by Gasteiger charge is -2.14. The maximum atomic E-state index is 12.1. The second-order valence-electron chi connectivity index (χ2n) is 4.95. The minimum atomic E-state index is -0.430. The number of methoxy groups -OCH3 is 3. The van der Waals surface area contributed by atoms with Crippen LogP contribution in [0.1, 0.15) is 15.9 Å². The number of carbonyl (C=O) groups is 2. The van der Waals surface area contributed by atoms with Crippen LogP contribution in [0.5, 0.6) is 17.2 Å². The van der Waals surface area contributed by atoms with E-state index in [1.807, 2.05) is 0 Å². The molecule has 2 aromatic rings. The van der Waals surface area contributed by atoms with Gasteiger partial charge in [-0.15, -0.1) is 0 Å². The SMILES string of the molecule is COc1cc(CC(=O)NNC(=O)c2ccncc2)cc(OC)c1OC. The molecule has 0 radical (unpaired) electrons. The molecule has 1 aromatic heterocycles. The van der Waals surface area contributed by atoms with Crippen molar-refractivity contribution in [3.05, 3.63) is 47.8 Å². The molecular formula is C17H19N3O5. The lowest BCUT2D eigenvalue weighted by molar-refractivity contribution is -0.121. The van der Waals surface area contributed by atoms with Crippen LogP contribution >= 0.6 is 0 Å². The molecule has 0 saturated carbocycles. The van der Waals surface area contributed by atoms with Gasteiger partial charge in [0.2, 0.25) is 11.7 Å². The number of rotatable bonds is 6. The van der Waals surface area contributed by atoms with Crippen molar-refractivity contribution in [1.82, 2.24) is 15.8 Å². The molecule has 0 fully saturated rings. The number of amides is 2. The van der Waals surface area contributed by atoms with Gasteiger partial charge in [0.15, 0.2) is 11.5 Å². The topological polar surface area (TPSA) is 98.8 Å². The van der Waals surface area contributed by atoms with Crippen molar-refractivity contribution in [2.45, 2.75) is 6.42 Å². The highest BCUT2D eigenvalue weighted by Gasteiger charge is 2.15. The summed E-state index contributed by atoms with van der Waals surface area (Å²) in [6.07, 6.45) is 3.01. The van der Waals surface area contributed by atoms with E-state index in [0.717, 1.165) is 0 Å². The van der Waals surface area contributed by atoms with Gasteiger partial charge in [0.1, 0.15) is 0 Å². The zero-order valence-corrected chi connectivity index (χ0v) is 14.2. The summed E-state index contributed by atoms with van der Waals surface area (Å²) in [5, 5.41) is 0. The van der Waals surface area contributed by atoms with Crippen molar-refractivity contribution in [2.24, 2.45) is 0 Å². The molecule has 132 valence electrons. The monoisotopic (exact) mass is 345 g/mol. The molecule has 8 heteroatoms. The van der Waals surface area contributed by atoms with Gasteiger partial charge in [-0.25, -0.2) is 0 Å². The number of aromatic nitrogens is 1. The second kappa shape index (κ2) is 8.53. The van der Waals surface area contributed by atoms with Crippen LogP contribution in [0.25, 0.3) is 0 Å². The number of ether oxygens (including phenoxy) is 3. The normalized spacial score (nSPS) is 9.88. The summed E-state index contributed by atoms with van der Waals surface area (Å²) in [5.74, 6) is 0.522. The number of pyridine rings is 1. The number of hydrogen-bond acceptors (Lipinski definition) is 6. The first kappa shape index (κ1) is 18.1. The Labute approximate surface area is 145 Å². The van der Waals surface area contributed by atoms with E-state index in [1.165, 1.54) is 33.7 Å². The first-order valence-electron chi connectivity index (χ1n) is 7.37. The third-order valence-corrected chi connectivity index (χ3v) is 3.35. The van der Waals surface area contributed by atoms with Gasteiger partial charge in [-0.05, 0) is 29.8 Å². The second-order valence-corrected chi connectivity index (χ2v) is 4.95. The van der Waals surface area contributed by atoms with Gasteiger partial charge in [0, 0.05) is 18.0 Å². The Morgan fingerprint density at radius 3 is 2.08 bits per heavy atom. The summed E-state index contributed by atoms with van der Waals surface area (Å²) < 4.78 is 15.7. The van der Waals surface area contributed by atoms with Gasteiger partial charge in [0.25, 0.3) is 5.91 Å². The standard InChI is InChI=1S/C17H19N3O5/c1-23-13-8-11(9-14(24-2)16(13)25-3)10-15(21)19-20-17(22)12-4-6-18-7-5-12/h4-9H,10H2,1-3H3,(H,19,21)(H,20,22). The minimum absolute atomic E-state index is 0.0212. The Kier molecular flexibility index (Phi) is 6.16. The number of hydrazine groups is 1. The third kappa shape index (κ3) is 4.60. The van der Waals surface area contributed by atoms with Crippen molar-refractivity contribution in [3.8, 4) is 17.2 Å². The number of nitrogens with one attached hydrogen (secondary N) is 2. The summed E-state index contributed by atoms with van der Waals surface area (Å²) in [4.78, 5) is 27.8. The molecule has 8 nitrogen and oxygen atoms in total. The van der Waals surface area contributed by atoms with Crippen LogP contribution in [-0.2, 0) is 11.2 Å². The van der Waals surface area contributed by atoms with Crippen molar-refractivity contribution in [3.63, 3.8) is 0 Å². The van der Waals surface area contributed by atoms with Gasteiger partial charge >= 0.3 is 0 Å². The zero-order valence-electron chi connectivity index (χ0n) is 14.2. The van der Waals surface area contributed by atoms with Gasteiger partial charge in [-0.1, -0.05) is 0 Å². The maximum absolute atomic E-state index is 12.1. The molecule has 0 bridgehead atoms. The van der Waals surface area contributed by atoms with Crippen molar-refractivity contribution < 1.29 is 23.8 Å². The molecule has 0 aliphatic rings. The molecule has 0 aliphatic heterocycles. The zero-order chi connectivity index (χ0) is 18.2. The van der Waals surface area contributed by atoms with Crippen molar-refractivity contribution in [2.75, 3.05) is 21.3 Å². The fourth-order valence-corrected chi connectivity index (χ4v) is 2.17. The fourth-order valence-electron chi connectivity index (χ4n) is 2.17. The van der Waals surface area contributed by atoms with Gasteiger partial charge in [-0.2, -0.15) is 0 Å². The average Bonchev–Trinajstić information content (AvgIpc) is 2.65. The summed E-state index contributed by atoms with van der Waals surface area (Å²) in [6.45, 7) is 0. The molecule has 0 unspecified atom stereocenters. The van der Waals surface area contributed by atoms with E-state index < -0.39 is 11.8 Å². The first-order chi connectivity index (χ1) is 12.1. The van der Waals surface area contributed by atoms with Gasteiger partial charge < -0.3 is 14.2 Å². The van der Waals surface area contributed by atoms with Crippen LogP contribution in [0.15, 0.2) is 36.7 Å². The number of carbonyl (C=O) groups excluding carboxylic acids is 2. The van der Waals surface area contributed by atoms with Crippen LogP contribution in [0.3, 0.4) is 0 Å². The molecule has 2 amide bonds. The van der Waals surface area contributed by atoms with Crippen LogP contribution in [0.4, 0.5) is 0 Å². The molecule has 0 aliphatic carbocycles. The Balaban J connectivity index is 2.02. The molecule has 0 atom stereocenters. The van der Waals surface area contributed by atoms with Crippen LogP contribution in [0, 0.1) is 0 Å². The predicted octanol–water partition coefficient (Wildman–Crippen LogP) is 1.11. The summed E-state index contributed by atoms with van der Waals surface area (Å²) in [7, 11) is 4.49. The third-order valence-electron chi connectivity index (χ3n) is 3.35. The minimum Gasteiger partial charge on any atom is -0.493 e. The number of nitrogens with zero attached hydrogens (tertiary/aromatic N) is 1. The molecule has 2 rings (SSSR count). The fraction of sp³-hybridized carbons (Fsp3) is 0.235. The van der Waals surface area contributed by atoms with E-state index in [-0.39, 0.29) is 6.42 Å². The van der Waals surface area contributed by atoms with Crippen LogP contribution in [0.2, 0.25) is 0 Å². The summed E-state index contributed by atoms with van der Waals surface area (Å²) in [5.41, 5.74) is 5.74. The highest BCUT2D eigenvalue weighted by molar-refractivity contribution is 5.95. The van der Waals surface area contributed by atoms with Crippen molar-refractivity contribution in [1.29, 1.82) is 0 Å². The van der Waals surface area contributed by atoms with Gasteiger partial charge in [0.05, 0.1) is 27.8 Å². The molecule has 0 saturated heterocycles. The predicted molar refractivity (Wildman–Crippen MR) is 89.6 cm³/mol. The van der Waals surface area contributed by atoms with Gasteiger partial charge in [-0.3, -0.25) is 25.4 Å². The highest BCUT2D eigenvalue weighted by Crippen LogP contribution is 2.38. The smallest absolute Gasteiger partial charge is 0.269 e. The highest BCUT2D eigenvalue weighted by atomic mass is 16.5. The molecule has 0 spiro atoms. The Hall–Kier alpha value is -3.29. The first-order valence-corrected chi connectivity index (χ1v) is 7.37. The molecule has 1 aromatic carbocycles. The van der Waals surface area contributed by atoms with Crippen molar-refractivity contribution >= 4 is 11.8 Å². The van der Waals surface area contributed by atoms with Crippen LogP contribution in [-0.4, -0.2) is 38.1 Å². The number of benzene rings is 1. The van der Waals surface area contributed by atoms with E-state index in [9.17, 15) is 9.59 Å². The van der Waals surface area contributed by atoms with Crippen LogP contribution < -0.4 is 25.1 Å². The molecule has 25 heavy (non-hydrogen) atoms. The van der Waals surface area contributed by atoms with E-state index >= 15 is 0 Å². The van der Waals surface area contributed by atoms with E-state index in [2.05, 4.69) is 15.8 Å². The average molecular weight is 345 g/mol.